The third-order valence-corrected chi connectivity index (χ3v) is 8.63. The maximum atomic E-state index is 12.5. The number of unbranched alkanes of at least 4 members (excludes halogenated alkanes) is 8. The van der Waals surface area contributed by atoms with Crippen LogP contribution in [-0.2, 0) is 28.5 Å². The fourth-order valence-corrected chi connectivity index (χ4v) is 5.25. The van der Waals surface area contributed by atoms with Crippen molar-refractivity contribution < 1.29 is 33.3 Å². The summed E-state index contributed by atoms with van der Waals surface area (Å²) in [5.41, 5.74) is 0. The molecular formula is C41H74N2O7. The Hall–Kier alpha value is -2.65. The molecule has 9 nitrogen and oxygen atoms in total. The van der Waals surface area contributed by atoms with Crippen LogP contribution in [0.5, 0.6) is 0 Å². The molecule has 0 aromatic carbocycles. The molecule has 0 bridgehead atoms. The Morgan fingerprint density at radius 1 is 0.640 bits per heavy atom. The molecule has 0 amide bonds. The number of nitrogens with zero attached hydrogens (tertiary/aromatic N) is 2. The van der Waals surface area contributed by atoms with Gasteiger partial charge in [-0.1, -0.05) is 82.8 Å². The Balaban J connectivity index is 4.45. The van der Waals surface area contributed by atoms with Gasteiger partial charge in [-0.2, -0.15) is 0 Å². The van der Waals surface area contributed by atoms with Crippen LogP contribution in [0.4, 0.5) is 4.79 Å². The number of ether oxygens (including phenoxy) is 4. The molecule has 0 saturated heterocycles. The predicted octanol–water partition coefficient (Wildman–Crippen LogP) is 9.31. The first-order valence-corrected chi connectivity index (χ1v) is 19.6. The fourth-order valence-electron chi connectivity index (χ4n) is 5.25. The molecule has 0 aliphatic rings. The van der Waals surface area contributed by atoms with E-state index >= 15 is 0 Å². The van der Waals surface area contributed by atoms with E-state index in [-0.39, 0.29) is 38.4 Å². The summed E-state index contributed by atoms with van der Waals surface area (Å²) in [5, 5.41) is 0. The van der Waals surface area contributed by atoms with Gasteiger partial charge < -0.3 is 28.7 Å². The van der Waals surface area contributed by atoms with Crippen molar-refractivity contribution in [3.8, 4) is 0 Å². The van der Waals surface area contributed by atoms with Crippen molar-refractivity contribution in [2.75, 3.05) is 67.2 Å². The highest BCUT2D eigenvalue weighted by molar-refractivity contribution is 5.69. The first-order valence-electron chi connectivity index (χ1n) is 19.6. The van der Waals surface area contributed by atoms with Gasteiger partial charge in [0.2, 0.25) is 0 Å². The molecule has 0 saturated carbocycles. The molecule has 0 N–H and O–H groups in total. The van der Waals surface area contributed by atoms with Crippen LogP contribution >= 0.6 is 0 Å². The van der Waals surface area contributed by atoms with E-state index < -0.39 is 12.1 Å². The second-order valence-corrected chi connectivity index (χ2v) is 13.8. The minimum atomic E-state index is -0.776. The van der Waals surface area contributed by atoms with E-state index in [4.69, 9.17) is 18.9 Å². The highest BCUT2D eigenvalue weighted by Gasteiger charge is 2.18. The zero-order valence-electron chi connectivity index (χ0n) is 32.7. The molecule has 0 aliphatic carbocycles. The molecule has 0 aromatic heterocycles. The van der Waals surface area contributed by atoms with Gasteiger partial charge in [-0.05, 0) is 91.3 Å². The molecule has 2 unspecified atom stereocenters. The van der Waals surface area contributed by atoms with Crippen molar-refractivity contribution in [1.29, 1.82) is 0 Å². The second kappa shape index (κ2) is 34.8. The fraction of sp³-hybridized carbons (Fsp3) is 0.780. The highest BCUT2D eigenvalue weighted by Crippen LogP contribution is 2.17. The first kappa shape index (κ1) is 47.4. The average molecular weight is 707 g/mol. The molecule has 0 fully saturated rings. The maximum absolute atomic E-state index is 12.5. The van der Waals surface area contributed by atoms with E-state index in [1.54, 1.807) is 0 Å². The number of hydrogen-bond acceptors (Lipinski definition) is 9. The average Bonchev–Trinajstić information content (AvgIpc) is 3.10. The highest BCUT2D eigenvalue weighted by atomic mass is 16.7. The molecule has 50 heavy (non-hydrogen) atoms. The molecule has 290 valence electrons. The summed E-state index contributed by atoms with van der Waals surface area (Å²) in [6.07, 6.45) is 27.5. The van der Waals surface area contributed by atoms with E-state index in [9.17, 15) is 14.4 Å². The van der Waals surface area contributed by atoms with Crippen LogP contribution in [0.15, 0.2) is 37.0 Å². The zero-order chi connectivity index (χ0) is 37.1. The van der Waals surface area contributed by atoms with Crippen LogP contribution in [0.1, 0.15) is 129 Å². The third-order valence-electron chi connectivity index (χ3n) is 8.63. The van der Waals surface area contributed by atoms with Crippen molar-refractivity contribution >= 4 is 18.1 Å². The first-order chi connectivity index (χ1) is 24.2. The quantitative estimate of drug-likeness (QED) is 0.0281. The largest absolute Gasteiger partial charge is 0.508 e. The molecule has 0 rings (SSSR count). The number of likely N-dealkylation sites (N-methyl/N-ethyl adjacent to an activating group) is 2. The summed E-state index contributed by atoms with van der Waals surface area (Å²) in [4.78, 5) is 41.5. The van der Waals surface area contributed by atoms with Crippen molar-refractivity contribution in [3.05, 3.63) is 37.0 Å². The van der Waals surface area contributed by atoms with Crippen LogP contribution in [0.25, 0.3) is 0 Å². The smallest absolute Gasteiger partial charge is 0.465 e. The lowest BCUT2D eigenvalue weighted by Gasteiger charge is -2.19. The van der Waals surface area contributed by atoms with E-state index in [1.165, 1.54) is 25.7 Å². The summed E-state index contributed by atoms with van der Waals surface area (Å²) < 4.78 is 21.6. The summed E-state index contributed by atoms with van der Waals surface area (Å²) >= 11 is 0. The number of hydrogen-bond donors (Lipinski definition) is 0. The number of carbonyl (C=O) groups is 3. The molecule has 2 atom stereocenters. The van der Waals surface area contributed by atoms with Crippen molar-refractivity contribution in [3.63, 3.8) is 0 Å². The maximum Gasteiger partial charge on any atom is 0.508 e. The molecule has 0 aromatic rings. The number of carbonyl (C=O) groups excluding carboxylic acids is 3. The Labute approximate surface area is 306 Å². The predicted molar refractivity (Wildman–Crippen MR) is 205 cm³/mol. The standard InChI is InChI=1S/C41H74N2O7/c1-7-10-11-12-13-14-15-16-17-18-19-20-21-22-23-28-39(44)48-34-38(35-49-40(45)29-24-27-37(9-3)26-8-2)36-50-41(46)47-33-25-30-43(6)32-31-42(4)5/h8,13-14,16-17,37-38H,2,7,9-12,15,18-36H2,1,3-6H3/b14-13-,17-16-. The Morgan fingerprint density at radius 3 is 1.86 bits per heavy atom. The Kier molecular flexibility index (Phi) is 32.9. The van der Waals surface area contributed by atoms with Gasteiger partial charge >= 0.3 is 18.1 Å². The lowest BCUT2D eigenvalue weighted by molar-refractivity contribution is -0.150. The van der Waals surface area contributed by atoms with Gasteiger partial charge in [0.25, 0.3) is 0 Å². The molecule has 0 aliphatic heterocycles. The summed E-state index contributed by atoms with van der Waals surface area (Å²) in [6.45, 7) is 11.1. The van der Waals surface area contributed by atoms with Crippen molar-refractivity contribution in [2.45, 2.75) is 129 Å². The van der Waals surface area contributed by atoms with Crippen molar-refractivity contribution in [1.82, 2.24) is 9.80 Å². The van der Waals surface area contributed by atoms with Crippen LogP contribution in [-0.4, -0.2) is 95.1 Å². The van der Waals surface area contributed by atoms with Gasteiger partial charge in [0.05, 0.1) is 12.5 Å². The normalized spacial score (nSPS) is 12.9. The van der Waals surface area contributed by atoms with Crippen molar-refractivity contribution in [2.24, 2.45) is 11.8 Å². The molecule has 9 heteroatoms. The summed E-state index contributed by atoms with van der Waals surface area (Å²) in [6, 6.07) is 0. The second-order valence-electron chi connectivity index (χ2n) is 13.8. The number of allylic oxidation sites excluding steroid dienone is 5. The van der Waals surface area contributed by atoms with Gasteiger partial charge in [0.15, 0.2) is 0 Å². The monoisotopic (exact) mass is 707 g/mol. The molecule has 0 heterocycles. The van der Waals surface area contributed by atoms with Crippen LogP contribution in [0.2, 0.25) is 0 Å². The van der Waals surface area contributed by atoms with Crippen LogP contribution < -0.4 is 0 Å². The SMILES string of the molecule is C=CCC(CC)CCCC(=O)OCC(COC(=O)CCCCCCC/C=C\C/C=C\CCCCC)COC(=O)OCCCN(C)CCN(C)C. The van der Waals surface area contributed by atoms with Gasteiger partial charge in [0.1, 0.15) is 19.8 Å². The minimum absolute atomic E-state index is 0.00359. The zero-order valence-corrected chi connectivity index (χ0v) is 32.7. The Bertz CT molecular complexity index is 905. The lowest BCUT2D eigenvalue weighted by atomic mass is 9.96. The minimum Gasteiger partial charge on any atom is -0.465 e. The van der Waals surface area contributed by atoms with Gasteiger partial charge in [-0.15, -0.1) is 6.58 Å². The topological polar surface area (TPSA) is 94.6 Å². The van der Waals surface area contributed by atoms with E-state index in [0.29, 0.717) is 25.2 Å². The van der Waals surface area contributed by atoms with Crippen LogP contribution in [0.3, 0.4) is 0 Å². The third kappa shape index (κ3) is 32.5. The van der Waals surface area contributed by atoms with Gasteiger partial charge in [0, 0.05) is 32.5 Å². The van der Waals surface area contributed by atoms with E-state index in [2.05, 4.69) is 54.5 Å². The molecular weight excluding hydrogens is 632 g/mol. The summed E-state index contributed by atoms with van der Waals surface area (Å²) in [5.74, 6) is -0.548. The van der Waals surface area contributed by atoms with Gasteiger partial charge in [-0.3, -0.25) is 9.59 Å². The molecule has 0 spiro atoms. The number of rotatable bonds is 34. The molecule has 0 radical (unpaired) electrons. The van der Waals surface area contributed by atoms with E-state index in [0.717, 1.165) is 90.3 Å². The van der Waals surface area contributed by atoms with Gasteiger partial charge in [-0.25, -0.2) is 4.79 Å². The van der Waals surface area contributed by atoms with Crippen LogP contribution in [0, 0.1) is 11.8 Å². The lowest BCUT2D eigenvalue weighted by Crippen LogP contribution is -2.30. The van der Waals surface area contributed by atoms with E-state index in [1.807, 2.05) is 27.2 Å². The summed E-state index contributed by atoms with van der Waals surface area (Å²) in [7, 11) is 6.11. The number of esters is 2. The Morgan fingerprint density at radius 2 is 1.24 bits per heavy atom.